The molecule has 5 nitrogen and oxygen atoms in total. The zero-order chi connectivity index (χ0) is 12.3. The van der Waals surface area contributed by atoms with Crippen molar-refractivity contribution in [1.29, 1.82) is 0 Å². The van der Waals surface area contributed by atoms with Gasteiger partial charge in [0, 0.05) is 19.1 Å². The molecule has 0 radical (unpaired) electrons. The van der Waals surface area contributed by atoms with E-state index in [0.29, 0.717) is 12.0 Å². The van der Waals surface area contributed by atoms with E-state index < -0.39 is 0 Å². The predicted molar refractivity (Wildman–Crippen MR) is 67.6 cm³/mol. The van der Waals surface area contributed by atoms with E-state index in [-0.39, 0.29) is 0 Å². The summed E-state index contributed by atoms with van der Waals surface area (Å²) in [6, 6.07) is 0.583. The highest BCUT2D eigenvalue weighted by atomic mass is 15.3. The molecule has 0 fully saturated rings. The molecule has 1 aliphatic heterocycles. The van der Waals surface area contributed by atoms with Crippen LogP contribution in [-0.2, 0) is 13.1 Å². The van der Waals surface area contributed by atoms with Gasteiger partial charge in [0.15, 0.2) is 0 Å². The smallest absolute Gasteiger partial charge is 0.147 e. The zero-order valence-electron chi connectivity index (χ0n) is 11.1. The van der Waals surface area contributed by atoms with Crippen LogP contribution in [0.2, 0.25) is 0 Å². The lowest BCUT2D eigenvalue weighted by Gasteiger charge is -2.35. The highest BCUT2D eigenvalue weighted by molar-refractivity contribution is 4.92. The molecule has 1 N–H and O–H groups in total. The van der Waals surface area contributed by atoms with E-state index in [4.69, 9.17) is 0 Å². The maximum atomic E-state index is 4.17. The van der Waals surface area contributed by atoms with Gasteiger partial charge in [0.1, 0.15) is 12.2 Å². The summed E-state index contributed by atoms with van der Waals surface area (Å²) < 4.78 is 2.15. The Labute approximate surface area is 103 Å². The first-order valence-electron chi connectivity index (χ1n) is 6.53. The summed E-state index contributed by atoms with van der Waals surface area (Å²) in [7, 11) is 0. The first kappa shape index (κ1) is 12.5. The number of hydrogen-bond donors (Lipinski definition) is 1. The monoisotopic (exact) mass is 237 g/mol. The lowest BCUT2D eigenvalue weighted by atomic mass is 10.0. The van der Waals surface area contributed by atoms with Crippen LogP contribution in [0.3, 0.4) is 0 Å². The van der Waals surface area contributed by atoms with E-state index in [1.165, 1.54) is 0 Å². The van der Waals surface area contributed by atoms with Crippen LogP contribution in [0.25, 0.3) is 0 Å². The van der Waals surface area contributed by atoms with Gasteiger partial charge in [-0.15, -0.1) is 10.2 Å². The third-order valence-corrected chi connectivity index (χ3v) is 3.78. The van der Waals surface area contributed by atoms with Crippen molar-refractivity contribution in [3.63, 3.8) is 0 Å². The second-order valence-electron chi connectivity index (χ2n) is 4.94. The molecule has 2 atom stereocenters. The van der Waals surface area contributed by atoms with E-state index >= 15 is 0 Å². The second kappa shape index (κ2) is 5.60. The molecule has 17 heavy (non-hydrogen) atoms. The van der Waals surface area contributed by atoms with Crippen molar-refractivity contribution in [2.45, 2.75) is 39.9 Å². The molecule has 1 aliphatic rings. The quantitative estimate of drug-likeness (QED) is 0.820. The minimum Gasteiger partial charge on any atom is -0.317 e. The van der Waals surface area contributed by atoms with Crippen molar-refractivity contribution in [1.82, 2.24) is 25.0 Å². The molecule has 0 spiro atoms. The summed E-state index contributed by atoms with van der Waals surface area (Å²) >= 11 is 0. The van der Waals surface area contributed by atoms with Gasteiger partial charge in [0.25, 0.3) is 0 Å². The summed E-state index contributed by atoms with van der Waals surface area (Å²) in [6.07, 6.45) is 1.83. The molecule has 1 aromatic heterocycles. The Kier molecular flexibility index (Phi) is 4.12. The Morgan fingerprint density at radius 1 is 1.41 bits per heavy atom. The number of aromatic nitrogens is 3. The van der Waals surface area contributed by atoms with Gasteiger partial charge in [-0.2, -0.15) is 0 Å². The SMILES string of the molecule is CCNCC(C)C(C)N1CCn2cnnc2C1. The summed E-state index contributed by atoms with van der Waals surface area (Å²) in [4.78, 5) is 2.51. The molecule has 0 aliphatic carbocycles. The molecule has 2 heterocycles. The predicted octanol–water partition coefficient (Wildman–Crippen LogP) is 0.728. The van der Waals surface area contributed by atoms with Gasteiger partial charge in [0.05, 0.1) is 6.54 Å². The highest BCUT2D eigenvalue weighted by Crippen LogP contribution is 2.17. The first-order chi connectivity index (χ1) is 8.22. The van der Waals surface area contributed by atoms with Crippen LogP contribution in [0, 0.1) is 5.92 Å². The van der Waals surface area contributed by atoms with Crippen LogP contribution in [-0.4, -0.2) is 45.3 Å². The lowest BCUT2D eigenvalue weighted by molar-refractivity contribution is 0.124. The van der Waals surface area contributed by atoms with Crippen molar-refractivity contribution in [3.8, 4) is 0 Å². The molecule has 1 aromatic rings. The van der Waals surface area contributed by atoms with Crippen molar-refractivity contribution in [2.24, 2.45) is 5.92 Å². The van der Waals surface area contributed by atoms with Gasteiger partial charge >= 0.3 is 0 Å². The average Bonchev–Trinajstić information content (AvgIpc) is 2.81. The fourth-order valence-electron chi connectivity index (χ4n) is 2.34. The minimum absolute atomic E-state index is 0.583. The van der Waals surface area contributed by atoms with Crippen LogP contribution < -0.4 is 5.32 Å². The average molecular weight is 237 g/mol. The van der Waals surface area contributed by atoms with Gasteiger partial charge in [-0.1, -0.05) is 13.8 Å². The van der Waals surface area contributed by atoms with Crippen LogP contribution in [0.1, 0.15) is 26.6 Å². The fraction of sp³-hybridized carbons (Fsp3) is 0.833. The summed E-state index contributed by atoms with van der Waals surface area (Å²) in [6.45, 7) is 12.0. The molecule has 2 rings (SSSR count). The molecule has 0 aromatic carbocycles. The standard InChI is InChI=1S/C12H23N5/c1-4-13-7-10(2)11(3)16-5-6-17-9-14-15-12(17)8-16/h9-11,13H,4-8H2,1-3H3. The molecule has 0 saturated carbocycles. The molecule has 96 valence electrons. The summed E-state index contributed by atoms with van der Waals surface area (Å²) in [5.74, 6) is 1.75. The van der Waals surface area contributed by atoms with E-state index in [1.54, 1.807) is 0 Å². The van der Waals surface area contributed by atoms with Crippen molar-refractivity contribution < 1.29 is 0 Å². The van der Waals surface area contributed by atoms with Gasteiger partial charge in [0.2, 0.25) is 0 Å². The van der Waals surface area contributed by atoms with Crippen LogP contribution in [0.5, 0.6) is 0 Å². The molecule has 0 saturated heterocycles. The summed E-state index contributed by atoms with van der Waals surface area (Å²) in [5, 5.41) is 11.6. The maximum Gasteiger partial charge on any atom is 0.147 e. The molecule has 2 unspecified atom stereocenters. The topological polar surface area (TPSA) is 46.0 Å². The van der Waals surface area contributed by atoms with E-state index in [0.717, 1.165) is 38.5 Å². The van der Waals surface area contributed by atoms with Crippen LogP contribution >= 0.6 is 0 Å². The molecule has 0 amide bonds. The molecular formula is C12H23N5. The normalized spacial score (nSPS) is 19.9. The maximum absolute atomic E-state index is 4.17. The van der Waals surface area contributed by atoms with E-state index in [2.05, 4.69) is 45.8 Å². The number of hydrogen-bond acceptors (Lipinski definition) is 4. The van der Waals surface area contributed by atoms with Gasteiger partial charge < -0.3 is 9.88 Å². The van der Waals surface area contributed by atoms with E-state index in [1.807, 2.05) is 6.33 Å². The Hall–Kier alpha value is -0.940. The Morgan fingerprint density at radius 2 is 2.24 bits per heavy atom. The number of rotatable bonds is 5. The Bertz CT molecular complexity index is 348. The van der Waals surface area contributed by atoms with Gasteiger partial charge in [-0.3, -0.25) is 4.90 Å². The largest absolute Gasteiger partial charge is 0.317 e. The number of nitrogens with one attached hydrogen (secondary N) is 1. The number of nitrogens with zero attached hydrogens (tertiary/aromatic N) is 4. The Morgan fingerprint density at radius 3 is 3.00 bits per heavy atom. The second-order valence-corrected chi connectivity index (χ2v) is 4.94. The summed E-state index contributed by atoms with van der Waals surface area (Å²) in [5.41, 5.74) is 0. The zero-order valence-corrected chi connectivity index (χ0v) is 11.1. The fourth-order valence-corrected chi connectivity index (χ4v) is 2.34. The molecule has 0 bridgehead atoms. The Balaban J connectivity index is 1.91. The third kappa shape index (κ3) is 2.84. The lowest BCUT2D eigenvalue weighted by Crippen LogP contribution is -2.45. The van der Waals surface area contributed by atoms with E-state index in [9.17, 15) is 0 Å². The number of fused-ring (bicyclic) bond motifs is 1. The molecule has 5 heteroatoms. The van der Waals surface area contributed by atoms with Gasteiger partial charge in [-0.05, 0) is 25.9 Å². The third-order valence-electron chi connectivity index (χ3n) is 3.78. The van der Waals surface area contributed by atoms with Crippen molar-refractivity contribution in [3.05, 3.63) is 12.2 Å². The van der Waals surface area contributed by atoms with Crippen LogP contribution in [0.4, 0.5) is 0 Å². The van der Waals surface area contributed by atoms with Crippen molar-refractivity contribution in [2.75, 3.05) is 19.6 Å². The minimum atomic E-state index is 0.583. The first-order valence-corrected chi connectivity index (χ1v) is 6.53. The highest BCUT2D eigenvalue weighted by Gasteiger charge is 2.24. The molecular weight excluding hydrogens is 214 g/mol. The van der Waals surface area contributed by atoms with Crippen LogP contribution in [0.15, 0.2) is 6.33 Å². The van der Waals surface area contributed by atoms with Gasteiger partial charge in [-0.25, -0.2) is 0 Å². The van der Waals surface area contributed by atoms with Crippen molar-refractivity contribution >= 4 is 0 Å².